The Morgan fingerprint density at radius 1 is 1.02 bits per heavy atom. The topological polar surface area (TPSA) is 148 Å². The van der Waals surface area contributed by atoms with Crippen molar-refractivity contribution >= 4 is 40.1 Å². The number of nitrogen functional groups attached to an aromatic ring is 1. The van der Waals surface area contributed by atoms with Gasteiger partial charge in [0.1, 0.15) is 17.7 Å². The lowest BCUT2D eigenvalue weighted by Gasteiger charge is -2.15. The van der Waals surface area contributed by atoms with E-state index in [1.165, 1.54) is 41.3 Å². The Kier molecular flexibility index (Phi) is 6.83. The molecular weight excluding hydrogens is 579 g/mol. The average Bonchev–Trinajstić information content (AvgIpc) is 3.64. The number of urea groups is 1. The number of anilines is 2. The molecule has 1 aliphatic heterocycles. The fourth-order valence-electron chi connectivity index (χ4n) is 4.97. The number of halogens is 3. The molecule has 0 bridgehead atoms. The zero-order chi connectivity index (χ0) is 31.4. The summed E-state index contributed by atoms with van der Waals surface area (Å²) in [5.41, 5.74) is 7.35. The molecule has 3 amide bonds. The van der Waals surface area contributed by atoms with Crippen molar-refractivity contribution in [3.05, 3.63) is 89.1 Å². The van der Waals surface area contributed by atoms with E-state index in [1.54, 1.807) is 20.8 Å². The van der Waals surface area contributed by atoms with Gasteiger partial charge in [0.15, 0.2) is 11.6 Å². The van der Waals surface area contributed by atoms with Crippen LogP contribution in [-0.4, -0.2) is 43.5 Å². The molecule has 1 saturated heterocycles. The minimum absolute atomic E-state index is 0.0271. The highest BCUT2D eigenvalue weighted by Gasteiger charge is 2.41. The molecule has 11 nitrogen and oxygen atoms in total. The molecule has 3 aromatic heterocycles. The van der Waals surface area contributed by atoms with E-state index < -0.39 is 47.0 Å². The zero-order valence-corrected chi connectivity index (χ0v) is 23.5. The maximum absolute atomic E-state index is 15.1. The van der Waals surface area contributed by atoms with Crippen LogP contribution >= 0.6 is 0 Å². The number of ether oxygens (including phenoxy) is 1. The summed E-state index contributed by atoms with van der Waals surface area (Å²) in [6.45, 7) is 5.20. The van der Waals surface area contributed by atoms with Gasteiger partial charge in [0, 0.05) is 17.0 Å². The quantitative estimate of drug-likeness (QED) is 0.172. The molecule has 0 radical (unpaired) electrons. The van der Waals surface area contributed by atoms with Gasteiger partial charge in [-0.15, -0.1) is 0 Å². The average molecular weight is 604 g/mol. The summed E-state index contributed by atoms with van der Waals surface area (Å²) in [5.74, 6) is -4.62. The molecule has 6 rings (SSSR count). The molecule has 5 aromatic rings. The number of aromatic amines is 1. The number of hydrogen-bond donors (Lipinski definition) is 3. The lowest BCUT2D eigenvalue weighted by Crippen LogP contribution is -2.34. The van der Waals surface area contributed by atoms with E-state index in [9.17, 15) is 23.2 Å². The minimum Gasteiger partial charge on any atom is -0.433 e. The number of carbonyl (C=O) groups is 3. The van der Waals surface area contributed by atoms with Crippen LogP contribution in [-0.2, 0) is 4.79 Å². The molecule has 44 heavy (non-hydrogen) atoms. The van der Waals surface area contributed by atoms with E-state index in [-0.39, 0.29) is 34.6 Å². The van der Waals surface area contributed by atoms with Crippen LogP contribution in [0.3, 0.4) is 0 Å². The molecule has 14 heteroatoms. The maximum atomic E-state index is 15.1. The van der Waals surface area contributed by atoms with Crippen molar-refractivity contribution in [3.63, 3.8) is 0 Å². The monoisotopic (exact) mass is 603 g/mol. The SMILES string of the molecule is Cc1cc(Oc2c(F)cccc2F)ncc1-n1ncc(C(=O)c2cc3cc(F)c(N4C(=O)N[C@@H](C(C)C)C4=O)cc3[nH]2)c1N. The number of pyridine rings is 1. The lowest BCUT2D eigenvalue weighted by molar-refractivity contribution is -0.119. The van der Waals surface area contributed by atoms with Gasteiger partial charge in [-0.3, -0.25) is 9.59 Å². The molecule has 224 valence electrons. The van der Waals surface area contributed by atoms with Crippen molar-refractivity contribution < 1.29 is 32.3 Å². The van der Waals surface area contributed by atoms with Crippen LogP contribution in [0.5, 0.6) is 11.6 Å². The van der Waals surface area contributed by atoms with Gasteiger partial charge < -0.3 is 20.8 Å². The summed E-state index contributed by atoms with van der Waals surface area (Å²) in [6, 6.07) is 7.07. The van der Waals surface area contributed by atoms with Crippen LogP contribution in [0.15, 0.2) is 54.9 Å². The number of imide groups is 1. The first-order chi connectivity index (χ1) is 20.9. The molecule has 1 atom stereocenters. The third-order valence-corrected chi connectivity index (χ3v) is 7.27. The number of hydrogen-bond acceptors (Lipinski definition) is 7. The van der Waals surface area contributed by atoms with E-state index in [0.717, 1.165) is 23.1 Å². The standard InChI is InChI=1S/C30H24F3N7O4/c1-13(2)25-29(42)39(30(43)38-25)22-10-20-15(8-19(22)33)9-21(37-20)26(41)16-11-36-40(28(16)34)23-12-35-24(7-14(23)3)44-27-17(31)5-4-6-18(27)32/h4-13,25,37H,34H2,1-3H3,(H,38,43)/t25-/m0/s1. The summed E-state index contributed by atoms with van der Waals surface area (Å²) >= 11 is 0. The normalized spacial score (nSPS) is 15.0. The van der Waals surface area contributed by atoms with Crippen LogP contribution in [0, 0.1) is 30.3 Å². The minimum atomic E-state index is -0.890. The maximum Gasteiger partial charge on any atom is 0.329 e. The summed E-state index contributed by atoms with van der Waals surface area (Å²) in [6.07, 6.45) is 2.58. The van der Waals surface area contributed by atoms with Crippen molar-refractivity contribution in [1.82, 2.24) is 25.1 Å². The molecule has 0 spiro atoms. The molecule has 2 aromatic carbocycles. The van der Waals surface area contributed by atoms with Gasteiger partial charge in [-0.25, -0.2) is 32.5 Å². The molecule has 4 N–H and O–H groups in total. The van der Waals surface area contributed by atoms with Gasteiger partial charge in [-0.2, -0.15) is 5.10 Å². The summed E-state index contributed by atoms with van der Waals surface area (Å²) in [4.78, 5) is 46.5. The highest BCUT2D eigenvalue weighted by molar-refractivity contribution is 6.22. The molecule has 0 aliphatic carbocycles. The number of benzene rings is 2. The molecule has 1 aliphatic rings. The van der Waals surface area contributed by atoms with Crippen LogP contribution in [0.2, 0.25) is 0 Å². The number of ketones is 1. The predicted molar refractivity (Wildman–Crippen MR) is 153 cm³/mol. The van der Waals surface area contributed by atoms with Gasteiger partial charge >= 0.3 is 6.03 Å². The Balaban J connectivity index is 1.28. The number of aromatic nitrogens is 4. The number of fused-ring (bicyclic) bond motifs is 1. The van der Waals surface area contributed by atoms with Gasteiger partial charge in [0.05, 0.1) is 35.0 Å². The second-order valence-electron chi connectivity index (χ2n) is 10.6. The van der Waals surface area contributed by atoms with Crippen molar-refractivity contribution in [2.45, 2.75) is 26.8 Å². The first-order valence-corrected chi connectivity index (χ1v) is 13.4. The van der Waals surface area contributed by atoms with E-state index in [2.05, 4.69) is 20.4 Å². The summed E-state index contributed by atoms with van der Waals surface area (Å²) in [7, 11) is 0. The third-order valence-electron chi connectivity index (χ3n) is 7.27. The van der Waals surface area contributed by atoms with E-state index >= 15 is 4.39 Å². The summed E-state index contributed by atoms with van der Waals surface area (Å²) < 4.78 is 49.7. The van der Waals surface area contributed by atoms with Gasteiger partial charge in [0.2, 0.25) is 17.4 Å². The number of H-pyrrole nitrogens is 1. The van der Waals surface area contributed by atoms with Crippen LogP contribution in [0.1, 0.15) is 35.5 Å². The number of amides is 3. The van der Waals surface area contributed by atoms with E-state index in [1.807, 2.05) is 0 Å². The third kappa shape index (κ3) is 4.69. The molecular formula is C30H24F3N7O4. The fraction of sp³-hybridized carbons (Fsp3) is 0.167. The Labute approximate surface area is 247 Å². The van der Waals surface area contributed by atoms with Gasteiger partial charge in [-0.1, -0.05) is 19.9 Å². The Hall–Kier alpha value is -5.66. The van der Waals surface area contributed by atoms with Crippen molar-refractivity contribution in [2.24, 2.45) is 5.92 Å². The Bertz CT molecular complexity index is 1980. The first-order valence-electron chi connectivity index (χ1n) is 13.4. The number of nitrogens with two attached hydrogens (primary N) is 1. The zero-order valence-electron chi connectivity index (χ0n) is 23.5. The van der Waals surface area contributed by atoms with Gasteiger partial charge in [0.25, 0.3) is 5.91 Å². The molecule has 0 unspecified atom stereocenters. The van der Waals surface area contributed by atoms with Crippen molar-refractivity contribution in [1.29, 1.82) is 0 Å². The second-order valence-corrected chi connectivity index (χ2v) is 10.6. The number of para-hydroxylation sites is 1. The smallest absolute Gasteiger partial charge is 0.329 e. The number of carbonyl (C=O) groups excluding carboxylic acids is 3. The van der Waals surface area contributed by atoms with E-state index in [0.29, 0.717) is 22.2 Å². The highest BCUT2D eigenvalue weighted by atomic mass is 19.1. The van der Waals surface area contributed by atoms with E-state index in [4.69, 9.17) is 10.5 Å². The largest absolute Gasteiger partial charge is 0.433 e. The van der Waals surface area contributed by atoms with Crippen molar-refractivity contribution in [3.8, 4) is 17.3 Å². The predicted octanol–water partition coefficient (Wildman–Crippen LogP) is 5.16. The number of rotatable bonds is 7. The summed E-state index contributed by atoms with van der Waals surface area (Å²) in [5, 5.41) is 7.10. The highest BCUT2D eigenvalue weighted by Crippen LogP contribution is 2.32. The Morgan fingerprint density at radius 2 is 1.75 bits per heavy atom. The number of nitrogens with one attached hydrogen (secondary N) is 2. The number of aryl methyl sites for hydroxylation is 1. The van der Waals surface area contributed by atoms with Crippen LogP contribution in [0.4, 0.5) is 29.5 Å². The van der Waals surface area contributed by atoms with Crippen LogP contribution in [0.25, 0.3) is 16.6 Å². The molecule has 1 fully saturated rings. The first kappa shape index (κ1) is 28.5. The van der Waals surface area contributed by atoms with Gasteiger partial charge in [-0.05, 0) is 48.7 Å². The lowest BCUT2D eigenvalue weighted by atomic mass is 10.0. The second kappa shape index (κ2) is 10.6. The fourth-order valence-corrected chi connectivity index (χ4v) is 4.97. The molecule has 0 saturated carbocycles. The molecule has 4 heterocycles. The Morgan fingerprint density at radius 3 is 2.41 bits per heavy atom. The number of nitrogens with zero attached hydrogens (tertiary/aromatic N) is 4. The van der Waals surface area contributed by atoms with Crippen LogP contribution < -0.4 is 20.7 Å². The van der Waals surface area contributed by atoms with Crippen molar-refractivity contribution in [2.75, 3.05) is 10.6 Å².